The van der Waals surface area contributed by atoms with E-state index < -0.39 is 0 Å². The lowest BCUT2D eigenvalue weighted by molar-refractivity contribution is -0.117. The average molecular weight is 357 g/mol. The molecule has 1 aliphatic carbocycles. The third-order valence-corrected chi connectivity index (χ3v) is 5.98. The number of carbonyl (C=O) groups excluding carboxylic acids is 1. The molecule has 3 heteroatoms. The van der Waals surface area contributed by atoms with Crippen LogP contribution in [0.15, 0.2) is 72.8 Å². The van der Waals surface area contributed by atoms with E-state index >= 15 is 0 Å². The number of halogens is 1. The van der Waals surface area contributed by atoms with Gasteiger partial charge in [0.2, 0.25) is 5.91 Å². The summed E-state index contributed by atoms with van der Waals surface area (Å²) in [6, 6.07) is 19.0. The van der Waals surface area contributed by atoms with Gasteiger partial charge >= 0.3 is 0 Å². The highest BCUT2D eigenvalue weighted by atomic mass is 19.1. The zero-order valence-corrected chi connectivity index (χ0v) is 15.1. The van der Waals surface area contributed by atoms with Crippen LogP contribution < -0.4 is 4.90 Å². The molecule has 5 rings (SSSR count). The Morgan fingerprint density at radius 2 is 1.81 bits per heavy atom. The molecular weight excluding hydrogens is 337 g/mol. The van der Waals surface area contributed by atoms with E-state index in [4.69, 9.17) is 0 Å². The number of benzene rings is 3. The molecule has 0 spiro atoms. The Bertz CT molecular complexity index is 1070. The monoisotopic (exact) mass is 357 g/mol. The summed E-state index contributed by atoms with van der Waals surface area (Å²) in [6.45, 7) is 1.62. The first kappa shape index (κ1) is 16.2. The first-order valence-corrected chi connectivity index (χ1v) is 9.39. The van der Waals surface area contributed by atoms with Gasteiger partial charge < -0.3 is 4.90 Å². The minimum absolute atomic E-state index is 0.0135. The van der Waals surface area contributed by atoms with Crippen LogP contribution in [0.1, 0.15) is 36.4 Å². The number of fused-ring (bicyclic) bond motifs is 5. The highest BCUT2D eigenvalue weighted by Crippen LogP contribution is 2.54. The van der Waals surface area contributed by atoms with Gasteiger partial charge in [0.05, 0.1) is 6.04 Å². The molecule has 3 aromatic carbocycles. The van der Waals surface area contributed by atoms with Crippen LogP contribution in [0.2, 0.25) is 0 Å². The number of allylic oxidation sites excluding steroid dienone is 1. The van der Waals surface area contributed by atoms with Crippen molar-refractivity contribution in [2.24, 2.45) is 5.92 Å². The number of anilines is 1. The van der Waals surface area contributed by atoms with Crippen LogP contribution in [0.4, 0.5) is 10.1 Å². The van der Waals surface area contributed by atoms with E-state index in [9.17, 15) is 9.18 Å². The molecule has 0 saturated carbocycles. The second kappa shape index (κ2) is 6.05. The van der Waals surface area contributed by atoms with E-state index in [1.165, 1.54) is 28.5 Å². The predicted octanol–water partition coefficient (Wildman–Crippen LogP) is 5.75. The van der Waals surface area contributed by atoms with Crippen molar-refractivity contribution in [1.29, 1.82) is 0 Å². The molecule has 0 saturated heterocycles. The third-order valence-electron chi connectivity index (χ3n) is 5.98. The average Bonchev–Trinajstić information content (AvgIpc) is 3.16. The molecule has 2 aliphatic rings. The fraction of sp³-hybridized carbons (Fsp3) is 0.208. The Hall–Kier alpha value is -2.94. The zero-order chi connectivity index (χ0) is 18.5. The van der Waals surface area contributed by atoms with E-state index in [1.54, 1.807) is 6.92 Å². The van der Waals surface area contributed by atoms with Crippen molar-refractivity contribution in [2.75, 3.05) is 4.90 Å². The molecule has 0 N–H and O–H groups in total. The molecule has 0 bridgehead atoms. The van der Waals surface area contributed by atoms with Crippen molar-refractivity contribution in [3.05, 3.63) is 89.8 Å². The van der Waals surface area contributed by atoms with Crippen LogP contribution in [0.5, 0.6) is 0 Å². The number of hydrogen-bond donors (Lipinski definition) is 0. The lowest BCUT2D eigenvalue weighted by Crippen LogP contribution is -2.42. The second-order valence-corrected chi connectivity index (χ2v) is 7.45. The van der Waals surface area contributed by atoms with E-state index in [-0.39, 0.29) is 23.7 Å². The van der Waals surface area contributed by atoms with Crippen molar-refractivity contribution >= 4 is 22.4 Å². The normalized spacial score (nSPS) is 23.3. The van der Waals surface area contributed by atoms with Gasteiger partial charge in [-0.25, -0.2) is 4.39 Å². The minimum atomic E-state index is -0.256. The van der Waals surface area contributed by atoms with Crippen LogP contribution in [0.3, 0.4) is 0 Å². The summed E-state index contributed by atoms with van der Waals surface area (Å²) in [5, 5.41) is 2.42. The van der Waals surface area contributed by atoms with Gasteiger partial charge in [0.15, 0.2) is 0 Å². The standard InChI is InChI=1S/C24H20FNO/c1-15(27)26-22-14-11-16-5-2-3-6-19(16)23(22)20-7-4-8-21(20)24(26)17-9-12-18(25)13-10-17/h2-6,8-14,20-21,24H,7H2,1H3. The fourth-order valence-electron chi connectivity index (χ4n) is 4.91. The molecule has 3 aromatic rings. The SMILES string of the molecule is CC(=O)N1c2ccc3ccccc3c2C2CC=CC2C1c1ccc(F)cc1. The third kappa shape index (κ3) is 2.42. The molecule has 1 amide bonds. The van der Waals surface area contributed by atoms with E-state index in [0.717, 1.165) is 17.7 Å². The maximum absolute atomic E-state index is 13.5. The summed E-state index contributed by atoms with van der Waals surface area (Å²) in [4.78, 5) is 14.7. The summed E-state index contributed by atoms with van der Waals surface area (Å²) in [7, 11) is 0. The van der Waals surface area contributed by atoms with Gasteiger partial charge in [0, 0.05) is 18.5 Å². The van der Waals surface area contributed by atoms with E-state index in [1.807, 2.05) is 23.1 Å². The number of carbonyl (C=O) groups is 1. The van der Waals surface area contributed by atoms with Gasteiger partial charge in [0.25, 0.3) is 0 Å². The van der Waals surface area contributed by atoms with Crippen LogP contribution in [-0.4, -0.2) is 5.91 Å². The Kier molecular flexibility index (Phi) is 3.64. The predicted molar refractivity (Wildman–Crippen MR) is 106 cm³/mol. The summed E-state index contributed by atoms with van der Waals surface area (Å²) in [5.74, 6) is 0.280. The number of rotatable bonds is 1. The fourth-order valence-corrected chi connectivity index (χ4v) is 4.91. The topological polar surface area (TPSA) is 20.3 Å². The van der Waals surface area contributed by atoms with Crippen LogP contribution in [0, 0.1) is 11.7 Å². The number of hydrogen-bond acceptors (Lipinski definition) is 1. The van der Waals surface area contributed by atoms with Crippen molar-refractivity contribution in [3.63, 3.8) is 0 Å². The van der Waals surface area contributed by atoms with Gasteiger partial charge in [0.1, 0.15) is 5.82 Å². The van der Waals surface area contributed by atoms with E-state index in [2.05, 4.69) is 42.5 Å². The van der Waals surface area contributed by atoms with Gasteiger partial charge in [-0.05, 0) is 52.4 Å². The molecule has 2 nitrogen and oxygen atoms in total. The first-order chi connectivity index (χ1) is 13.1. The lowest BCUT2D eigenvalue weighted by atomic mass is 9.74. The van der Waals surface area contributed by atoms with E-state index in [0.29, 0.717) is 5.92 Å². The van der Waals surface area contributed by atoms with Crippen molar-refractivity contribution in [3.8, 4) is 0 Å². The van der Waals surface area contributed by atoms with Crippen molar-refractivity contribution in [2.45, 2.75) is 25.3 Å². The first-order valence-electron chi connectivity index (χ1n) is 9.39. The van der Waals surface area contributed by atoms with Crippen molar-refractivity contribution in [1.82, 2.24) is 0 Å². The van der Waals surface area contributed by atoms with Crippen LogP contribution >= 0.6 is 0 Å². The Balaban J connectivity index is 1.78. The highest BCUT2D eigenvalue weighted by Gasteiger charge is 2.44. The molecular formula is C24H20FNO. The largest absolute Gasteiger partial charge is 0.304 e. The minimum Gasteiger partial charge on any atom is -0.304 e. The summed E-state index contributed by atoms with van der Waals surface area (Å²) in [6.07, 6.45) is 5.43. The van der Waals surface area contributed by atoms with Crippen molar-refractivity contribution < 1.29 is 9.18 Å². The van der Waals surface area contributed by atoms with Crippen LogP contribution in [-0.2, 0) is 4.79 Å². The Morgan fingerprint density at radius 3 is 2.59 bits per heavy atom. The molecule has 0 radical (unpaired) electrons. The maximum Gasteiger partial charge on any atom is 0.224 e. The Morgan fingerprint density at radius 1 is 1.04 bits per heavy atom. The summed E-state index contributed by atoms with van der Waals surface area (Å²) >= 11 is 0. The van der Waals surface area contributed by atoms with Gasteiger partial charge in [-0.15, -0.1) is 0 Å². The zero-order valence-electron chi connectivity index (χ0n) is 15.1. The molecule has 3 unspecified atom stereocenters. The molecule has 1 heterocycles. The molecule has 27 heavy (non-hydrogen) atoms. The Labute approximate surface area is 157 Å². The quantitative estimate of drug-likeness (QED) is 0.508. The van der Waals surface area contributed by atoms with Gasteiger partial charge in [-0.2, -0.15) is 0 Å². The summed E-state index contributed by atoms with van der Waals surface area (Å²) in [5.41, 5.74) is 3.23. The number of nitrogens with zero attached hydrogens (tertiary/aromatic N) is 1. The maximum atomic E-state index is 13.5. The molecule has 0 aromatic heterocycles. The lowest BCUT2D eigenvalue weighted by Gasteiger charge is -2.44. The summed E-state index contributed by atoms with van der Waals surface area (Å²) < 4.78 is 13.5. The van der Waals surface area contributed by atoms with Gasteiger partial charge in [-0.1, -0.05) is 54.6 Å². The molecule has 134 valence electrons. The smallest absolute Gasteiger partial charge is 0.224 e. The van der Waals surface area contributed by atoms with Crippen LogP contribution in [0.25, 0.3) is 10.8 Å². The molecule has 0 fully saturated rings. The van der Waals surface area contributed by atoms with Gasteiger partial charge in [-0.3, -0.25) is 4.79 Å². The molecule has 1 aliphatic heterocycles. The second-order valence-electron chi connectivity index (χ2n) is 7.45. The highest BCUT2D eigenvalue weighted by molar-refractivity contribution is 6.00. The molecule has 3 atom stereocenters. The number of amides is 1.